The van der Waals surface area contributed by atoms with Crippen molar-refractivity contribution < 1.29 is 5.11 Å². The number of rotatable bonds is 3. The van der Waals surface area contributed by atoms with Gasteiger partial charge < -0.3 is 5.11 Å². The van der Waals surface area contributed by atoms with E-state index in [4.69, 9.17) is 0 Å². The van der Waals surface area contributed by atoms with Crippen molar-refractivity contribution in [2.45, 2.75) is 19.3 Å². The standard InChI is InChI=1S/C21H18O/c22-18-12-9-15(10-13-18)8-11-16-5-3-7-20-19-6-2-1-4-17(19)14-21(16)20/h1-7,9-10,12-13,22H,8,11,14H2. The van der Waals surface area contributed by atoms with E-state index in [-0.39, 0.29) is 0 Å². The number of fused-ring (bicyclic) bond motifs is 3. The van der Waals surface area contributed by atoms with Gasteiger partial charge in [-0.1, -0.05) is 54.6 Å². The molecule has 0 radical (unpaired) electrons. The fourth-order valence-electron chi connectivity index (χ4n) is 3.40. The summed E-state index contributed by atoms with van der Waals surface area (Å²) in [6.45, 7) is 0. The van der Waals surface area contributed by atoms with Crippen molar-refractivity contribution in [1.82, 2.24) is 0 Å². The Morgan fingerprint density at radius 1 is 0.727 bits per heavy atom. The van der Waals surface area contributed by atoms with E-state index in [0.29, 0.717) is 5.75 Å². The summed E-state index contributed by atoms with van der Waals surface area (Å²) in [5.74, 6) is 0.333. The van der Waals surface area contributed by atoms with Crippen LogP contribution in [0.5, 0.6) is 5.75 Å². The Balaban J connectivity index is 1.61. The third-order valence-corrected chi connectivity index (χ3v) is 4.57. The molecule has 0 aromatic heterocycles. The zero-order valence-electron chi connectivity index (χ0n) is 12.4. The molecule has 0 fully saturated rings. The summed E-state index contributed by atoms with van der Waals surface area (Å²) in [5, 5.41) is 9.37. The summed E-state index contributed by atoms with van der Waals surface area (Å²) in [4.78, 5) is 0. The van der Waals surface area contributed by atoms with Gasteiger partial charge >= 0.3 is 0 Å². The van der Waals surface area contributed by atoms with Crippen LogP contribution in [0.3, 0.4) is 0 Å². The lowest BCUT2D eigenvalue weighted by atomic mass is 9.96. The van der Waals surface area contributed by atoms with Gasteiger partial charge in [-0.15, -0.1) is 0 Å². The summed E-state index contributed by atoms with van der Waals surface area (Å²) >= 11 is 0. The van der Waals surface area contributed by atoms with Crippen molar-refractivity contribution >= 4 is 0 Å². The Kier molecular flexibility index (Phi) is 3.19. The molecule has 0 unspecified atom stereocenters. The van der Waals surface area contributed by atoms with Crippen molar-refractivity contribution in [3.8, 4) is 16.9 Å². The van der Waals surface area contributed by atoms with Crippen LogP contribution in [0.2, 0.25) is 0 Å². The van der Waals surface area contributed by atoms with Crippen LogP contribution in [0.1, 0.15) is 22.3 Å². The Labute approximate surface area is 130 Å². The molecule has 1 aliphatic carbocycles. The fourth-order valence-corrected chi connectivity index (χ4v) is 3.40. The molecule has 1 heteroatoms. The monoisotopic (exact) mass is 286 g/mol. The third-order valence-electron chi connectivity index (χ3n) is 4.57. The molecular weight excluding hydrogens is 268 g/mol. The predicted octanol–water partition coefficient (Wildman–Crippen LogP) is 4.75. The van der Waals surface area contributed by atoms with Gasteiger partial charge in [0, 0.05) is 0 Å². The van der Waals surface area contributed by atoms with E-state index in [9.17, 15) is 5.11 Å². The lowest BCUT2D eigenvalue weighted by Gasteiger charge is -2.09. The molecule has 22 heavy (non-hydrogen) atoms. The topological polar surface area (TPSA) is 20.2 Å². The van der Waals surface area contributed by atoms with E-state index in [1.54, 1.807) is 12.1 Å². The average molecular weight is 286 g/mol. The van der Waals surface area contributed by atoms with Gasteiger partial charge in [0.15, 0.2) is 0 Å². The molecule has 3 aromatic rings. The highest BCUT2D eigenvalue weighted by Gasteiger charge is 2.19. The number of phenols is 1. The summed E-state index contributed by atoms with van der Waals surface area (Å²) in [6, 6.07) is 22.9. The maximum atomic E-state index is 9.37. The van der Waals surface area contributed by atoms with Gasteiger partial charge in [0.2, 0.25) is 0 Å². The van der Waals surface area contributed by atoms with E-state index in [0.717, 1.165) is 19.3 Å². The minimum Gasteiger partial charge on any atom is -0.508 e. The maximum Gasteiger partial charge on any atom is 0.115 e. The molecule has 0 spiro atoms. The highest BCUT2D eigenvalue weighted by molar-refractivity contribution is 5.77. The van der Waals surface area contributed by atoms with Gasteiger partial charge in [0.05, 0.1) is 0 Å². The van der Waals surface area contributed by atoms with Gasteiger partial charge in [-0.2, -0.15) is 0 Å². The molecule has 0 amide bonds. The first-order valence-electron chi connectivity index (χ1n) is 7.78. The number of hydrogen-bond donors (Lipinski definition) is 1. The highest BCUT2D eigenvalue weighted by atomic mass is 16.3. The molecule has 3 aromatic carbocycles. The van der Waals surface area contributed by atoms with Crippen LogP contribution in [-0.2, 0) is 19.3 Å². The quantitative estimate of drug-likeness (QED) is 0.576. The minimum atomic E-state index is 0.333. The second kappa shape index (κ2) is 5.34. The normalized spacial score (nSPS) is 12.0. The van der Waals surface area contributed by atoms with Gasteiger partial charge in [-0.3, -0.25) is 0 Å². The van der Waals surface area contributed by atoms with Gasteiger partial charge in [0.25, 0.3) is 0 Å². The molecule has 0 saturated carbocycles. The molecule has 0 aliphatic heterocycles. The van der Waals surface area contributed by atoms with E-state index in [2.05, 4.69) is 42.5 Å². The van der Waals surface area contributed by atoms with Crippen molar-refractivity contribution in [1.29, 1.82) is 0 Å². The molecule has 108 valence electrons. The molecular formula is C21H18O. The molecule has 0 atom stereocenters. The molecule has 4 rings (SSSR count). The van der Waals surface area contributed by atoms with Crippen LogP contribution in [-0.4, -0.2) is 5.11 Å². The molecule has 0 heterocycles. The van der Waals surface area contributed by atoms with Crippen LogP contribution in [0.25, 0.3) is 11.1 Å². The van der Waals surface area contributed by atoms with Gasteiger partial charge in [0.1, 0.15) is 5.75 Å². The van der Waals surface area contributed by atoms with Crippen LogP contribution in [0.15, 0.2) is 66.7 Å². The third kappa shape index (κ3) is 2.29. The Bertz CT molecular complexity index is 816. The predicted molar refractivity (Wildman–Crippen MR) is 90.2 cm³/mol. The summed E-state index contributed by atoms with van der Waals surface area (Å²) in [5.41, 5.74) is 8.44. The smallest absolute Gasteiger partial charge is 0.115 e. The fraction of sp³-hybridized carbons (Fsp3) is 0.143. The molecule has 1 N–H and O–H groups in total. The first-order valence-corrected chi connectivity index (χ1v) is 7.78. The Hall–Kier alpha value is -2.54. The van der Waals surface area contributed by atoms with E-state index >= 15 is 0 Å². The van der Waals surface area contributed by atoms with Crippen LogP contribution < -0.4 is 0 Å². The number of benzene rings is 3. The van der Waals surface area contributed by atoms with Crippen LogP contribution >= 0.6 is 0 Å². The molecule has 0 saturated heterocycles. The lowest BCUT2D eigenvalue weighted by molar-refractivity contribution is 0.475. The summed E-state index contributed by atoms with van der Waals surface area (Å²) in [7, 11) is 0. The number of hydrogen-bond acceptors (Lipinski definition) is 1. The van der Waals surface area contributed by atoms with Crippen molar-refractivity contribution in [3.63, 3.8) is 0 Å². The average Bonchev–Trinajstić information content (AvgIpc) is 2.94. The first kappa shape index (κ1) is 13.1. The van der Waals surface area contributed by atoms with Gasteiger partial charge in [-0.05, 0) is 64.8 Å². The van der Waals surface area contributed by atoms with E-state index in [1.165, 1.54) is 33.4 Å². The van der Waals surface area contributed by atoms with Crippen LogP contribution in [0.4, 0.5) is 0 Å². The SMILES string of the molecule is Oc1ccc(CCc2cccc3c2Cc2ccccc2-3)cc1. The van der Waals surface area contributed by atoms with Crippen molar-refractivity contribution in [2.24, 2.45) is 0 Å². The zero-order valence-corrected chi connectivity index (χ0v) is 12.4. The minimum absolute atomic E-state index is 0.333. The second-order valence-corrected chi connectivity index (χ2v) is 5.94. The highest BCUT2D eigenvalue weighted by Crippen LogP contribution is 2.38. The van der Waals surface area contributed by atoms with Crippen molar-refractivity contribution in [3.05, 3.63) is 89.0 Å². The van der Waals surface area contributed by atoms with Crippen LogP contribution in [0, 0.1) is 0 Å². The largest absolute Gasteiger partial charge is 0.508 e. The Morgan fingerprint density at radius 3 is 2.36 bits per heavy atom. The number of phenolic OH excluding ortho intramolecular Hbond substituents is 1. The summed E-state index contributed by atoms with van der Waals surface area (Å²) < 4.78 is 0. The van der Waals surface area contributed by atoms with E-state index in [1.807, 2.05) is 12.1 Å². The van der Waals surface area contributed by atoms with Gasteiger partial charge in [-0.25, -0.2) is 0 Å². The molecule has 1 aliphatic rings. The Morgan fingerprint density at radius 2 is 1.50 bits per heavy atom. The maximum absolute atomic E-state index is 9.37. The zero-order chi connectivity index (χ0) is 14.9. The number of aromatic hydroxyl groups is 1. The molecule has 0 bridgehead atoms. The number of aryl methyl sites for hydroxylation is 2. The van der Waals surface area contributed by atoms with Crippen molar-refractivity contribution in [2.75, 3.05) is 0 Å². The lowest BCUT2D eigenvalue weighted by Crippen LogP contribution is -1.96. The summed E-state index contributed by atoms with van der Waals surface area (Å²) in [6.07, 6.45) is 3.10. The second-order valence-electron chi connectivity index (χ2n) is 5.94. The molecule has 1 nitrogen and oxygen atoms in total. The van der Waals surface area contributed by atoms with E-state index < -0.39 is 0 Å². The first-order chi connectivity index (χ1) is 10.8.